The van der Waals surface area contributed by atoms with Crippen LogP contribution in [0.5, 0.6) is 5.75 Å². The Kier molecular flexibility index (Phi) is 4.58. The number of aromatic hydroxyl groups is 1. The third kappa shape index (κ3) is 2.97. The number of benzene rings is 2. The number of para-hydroxylation sites is 1. The molecule has 6 heteroatoms. The molecule has 0 radical (unpaired) electrons. The summed E-state index contributed by atoms with van der Waals surface area (Å²) in [6, 6.07) is 10.7. The zero-order valence-corrected chi connectivity index (χ0v) is 14.1. The molecule has 0 atom stereocenters. The number of halogens is 1. The van der Waals surface area contributed by atoms with Gasteiger partial charge in [-0.2, -0.15) is 0 Å². The Morgan fingerprint density at radius 3 is 2.77 bits per heavy atom. The summed E-state index contributed by atoms with van der Waals surface area (Å²) < 4.78 is 14.8. The predicted octanol–water partition coefficient (Wildman–Crippen LogP) is 3.59. The van der Waals surface area contributed by atoms with E-state index in [0.29, 0.717) is 16.5 Å². The van der Waals surface area contributed by atoms with Crippen molar-refractivity contribution in [1.82, 2.24) is 4.57 Å². The summed E-state index contributed by atoms with van der Waals surface area (Å²) in [5.41, 5.74) is 0.318. The highest BCUT2D eigenvalue weighted by atomic mass is 19.1. The fraction of sp³-hybridized carbons (Fsp3) is 0.100. The summed E-state index contributed by atoms with van der Waals surface area (Å²) in [6.45, 7) is 5.50. The number of pyridine rings is 1. The summed E-state index contributed by atoms with van der Waals surface area (Å²) in [7, 11) is 0. The zero-order valence-electron chi connectivity index (χ0n) is 14.1. The summed E-state index contributed by atoms with van der Waals surface area (Å²) in [5.74, 6) is -1.72. The molecule has 0 bridgehead atoms. The number of nitrogens with zero attached hydrogens (tertiary/aromatic N) is 1. The average molecular weight is 352 g/mol. The lowest BCUT2D eigenvalue weighted by molar-refractivity contribution is 0.102. The molecule has 2 N–H and O–H groups in total. The lowest BCUT2D eigenvalue weighted by Crippen LogP contribution is -2.29. The Hall–Kier alpha value is -3.41. The smallest absolute Gasteiger partial charge is 0.268 e. The van der Waals surface area contributed by atoms with E-state index in [2.05, 4.69) is 11.9 Å². The van der Waals surface area contributed by atoms with Crippen molar-refractivity contribution in [3.8, 4) is 5.75 Å². The lowest BCUT2D eigenvalue weighted by atomic mass is 10.1. The molecule has 1 amide bonds. The van der Waals surface area contributed by atoms with Crippen LogP contribution in [0.4, 0.5) is 10.1 Å². The molecule has 0 spiro atoms. The summed E-state index contributed by atoms with van der Waals surface area (Å²) in [4.78, 5) is 25.5. The number of hydrogen-bond donors (Lipinski definition) is 2. The van der Waals surface area contributed by atoms with Crippen LogP contribution in [0.15, 0.2) is 59.9 Å². The molecule has 0 aliphatic rings. The first-order valence-electron chi connectivity index (χ1n) is 7.97. The van der Waals surface area contributed by atoms with E-state index in [-0.39, 0.29) is 12.2 Å². The second-order valence-electron chi connectivity index (χ2n) is 5.86. The molecule has 0 aliphatic heterocycles. The van der Waals surface area contributed by atoms with Crippen molar-refractivity contribution in [2.24, 2.45) is 0 Å². The molecule has 5 nitrogen and oxygen atoms in total. The number of aromatic nitrogens is 1. The summed E-state index contributed by atoms with van der Waals surface area (Å²) in [5, 5.41) is 13.4. The maximum absolute atomic E-state index is 13.5. The van der Waals surface area contributed by atoms with Gasteiger partial charge in [-0.25, -0.2) is 4.39 Å². The van der Waals surface area contributed by atoms with Crippen LogP contribution in [0.25, 0.3) is 10.9 Å². The van der Waals surface area contributed by atoms with Gasteiger partial charge < -0.3 is 15.0 Å². The number of carbonyl (C=O) groups is 1. The molecule has 132 valence electrons. The van der Waals surface area contributed by atoms with E-state index in [9.17, 15) is 19.1 Å². The molecule has 0 saturated carbocycles. The number of allylic oxidation sites excluding steroid dienone is 1. The van der Waals surface area contributed by atoms with Gasteiger partial charge in [-0.05, 0) is 36.8 Å². The van der Waals surface area contributed by atoms with Crippen LogP contribution >= 0.6 is 0 Å². The van der Waals surface area contributed by atoms with Crippen LogP contribution in [-0.4, -0.2) is 15.6 Å². The fourth-order valence-electron chi connectivity index (χ4n) is 2.82. The number of hydrogen-bond acceptors (Lipinski definition) is 3. The van der Waals surface area contributed by atoms with Crippen LogP contribution in [0.1, 0.15) is 15.9 Å². The van der Waals surface area contributed by atoms with E-state index < -0.39 is 28.6 Å². The second kappa shape index (κ2) is 6.84. The van der Waals surface area contributed by atoms with Gasteiger partial charge in [0, 0.05) is 17.6 Å². The number of nitrogens with one attached hydrogen (secondary N) is 1. The van der Waals surface area contributed by atoms with E-state index >= 15 is 0 Å². The van der Waals surface area contributed by atoms with Gasteiger partial charge in [-0.15, -0.1) is 6.58 Å². The van der Waals surface area contributed by atoms with Crippen molar-refractivity contribution in [2.75, 3.05) is 5.32 Å². The van der Waals surface area contributed by atoms with E-state index in [1.807, 2.05) is 0 Å². The summed E-state index contributed by atoms with van der Waals surface area (Å²) >= 11 is 0. The van der Waals surface area contributed by atoms with Crippen molar-refractivity contribution < 1.29 is 14.3 Å². The van der Waals surface area contributed by atoms with Crippen molar-refractivity contribution in [3.05, 3.63) is 82.4 Å². The van der Waals surface area contributed by atoms with Crippen LogP contribution in [0.3, 0.4) is 0 Å². The third-order valence-corrected chi connectivity index (χ3v) is 4.13. The Balaban J connectivity index is 2.18. The van der Waals surface area contributed by atoms with Crippen LogP contribution in [0.2, 0.25) is 0 Å². The Morgan fingerprint density at radius 2 is 2.04 bits per heavy atom. The molecule has 26 heavy (non-hydrogen) atoms. The van der Waals surface area contributed by atoms with Crippen molar-refractivity contribution in [1.29, 1.82) is 0 Å². The van der Waals surface area contributed by atoms with Gasteiger partial charge >= 0.3 is 0 Å². The molecule has 3 rings (SSSR count). The fourth-order valence-corrected chi connectivity index (χ4v) is 2.82. The van der Waals surface area contributed by atoms with Crippen LogP contribution in [0, 0.1) is 12.7 Å². The Labute approximate surface area is 149 Å². The van der Waals surface area contributed by atoms with Gasteiger partial charge in [0.05, 0.1) is 5.52 Å². The lowest BCUT2D eigenvalue weighted by Gasteiger charge is -2.14. The highest BCUT2D eigenvalue weighted by Gasteiger charge is 2.22. The first-order valence-corrected chi connectivity index (χ1v) is 7.97. The molecule has 1 heterocycles. The molecule has 0 saturated heterocycles. The molecule has 0 fully saturated rings. The van der Waals surface area contributed by atoms with Crippen LogP contribution < -0.4 is 10.9 Å². The minimum absolute atomic E-state index is 0.179. The number of anilines is 1. The van der Waals surface area contributed by atoms with Gasteiger partial charge in [-0.3, -0.25) is 9.59 Å². The molecule has 3 aromatic rings. The van der Waals surface area contributed by atoms with E-state index in [0.717, 1.165) is 6.07 Å². The Bertz CT molecular complexity index is 1090. The van der Waals surface area contributed by atoms with E-state index in [1.165, 1.54) is 22.8 Å². The first kappa shape index (κ1) is 17.4. The SMILES string of the molecule is C=CCn1c(=O)c(C(=O)Nc2cc(F)ccc2C)c(O)c2ccccc21. The van der Waals surface area contributed by atoms with Gasteiger partial charge in [0.15, 0.2) is 0 Å². The monoisotopic (exact) mass is 352 g/mol. The molecule has 0 aliphatic carbocycles. The van der Waals surface area contributed by atoms with Crippen molar-refractivity contribution >= 4 is 22.5 Å². The van der Waals surface area contributed by atoms with E-state index in [4.69, 9.17) is 0 Å². The van der Waals surface area contributed by atoms with Gasteiger partial charge in [-0.1, -0.05) is 24.3 Å². The standard InChI is InChI=1S/C20H17FN2O3/c1-3-10-23-16-7-5-4-6-14(16)18(24)17(20(23)26)19(25)22-15-11-13(21)9-8-12(15)2/h3-9,11,24H,1,10H2,2H3,(H,22,25). The van der Waals surface area contributed by atoms with Crippen LogP contribution in [-0.2, 0) is 6.54 Å². The van der Waals surface area contributed by atoms with Gasteiger partial charge in [0.2, 0.25) is 0 Å². The maximum atomic E-state index is 13.5. The third-order valence-electron chi connectivity index (χ3n) is 4.13. The quantitative estimate of drug-likeness (QED) is 0.705. The minimum atomic E-state index is -0.801. The average Bonchev–Trinajstić information content (AvgIpc) is 2.62. The largest absolute Gasteiger partial charge is 0.506 e. The predicted molar refractivity (Wildman–Crippen MR) is 99.2 cm³/mol. The number of carbonyl (C=O) groups excluding carboxylic acids is 1. The van der Waals surface area contributed by atoms with Crippen molar-refractivity contribution in [3.63, 3.8) is 0 Å². The van der Waals surface area contributed by atoms with Gasteiger partial charge in [0.25, 0.3) is 11.5 Å². The number of amides is 1. The van der Waals surface area contributed by atoms with E-state index in [1.54, 1.807) is 31.2 Å². The highest BCUT2D eigenvalue weighted by Crippen LogP contribution is 2.27. The van der Waals surface area contributed by atoms with Gasteiger partial charge in [0.1, 0.15) is 17.1 Å². The number of fused-ring (bicyclic) bond motifs is 1. The topological polar surface area (TPSA) is 71.3 Å². The Morgan fingerprint density at radius 1 is 1.31 bits per heavy atom. The van der Waals surface area contributed by atoms with Crippen molar-refractivity contribution in [2.45, 2.75) is 13.5 Å². The molecular weight excluding hydrogens is 335 g/mol. The zero-order chi connectivity index (χ0) is 18.8. The highest BCUT2D eigenvalue weighted by molar-refractivity contribution is 6.09. The second-order valence-corrected chi connectivity index (χ2v) is 5.86. The molecule has 2 aromatic carbocycles. The number of rotatable bonds is 4. The number of aryl methyl sites for hydroxylation is 1. The molecule has 1 aromatic heterocycles. The minimum Gasteiger partial charge on any atom is -0.506 e. The summed E-state index contributed by atoms with van der Waals surface area (Å²) in [6.07, 6.45) is 1.53. The first-order chi connectivity index (χ1) is 12.4. The molecular formula is C20H17FN2O3. The normalized spacial score (nSPS) is 10.7. The maximum Gasteiger partial charge on any atom is 0.268 e. The molecule has 0 unspecified atom stereocenters.